The fourth-order valence-corrected chi connectivity index (χ4v) is 3.00. The molecule has 2 aromatic carbocycles. The largest absolute Gasteiger partial charge is 0.309 e. The van der Waals surface area contributed by atoms with Gasteiger partial charge in [0.1, 0.15) is 0 Å². The molecule has 2 rings (SSSR count). The quantitative estimate of drug-likeness (QED) is 0.835. The molecule has 0 heterocycles. The Labute approximate surface area is 129 Å². The highest BCUT2D eigenvalue weighted by Gasteiger charge is 2.17. The molecule has 112 valence electrons. The van der Waals surface area contributed by atoms with E-state index >= 15 is 0 Å². The fraction of sp³-hybridized carbons (Fsp3) is 0.400. The van der Waals surface area contributed by atoms with Gasteiger partial charge in [0.05, 0.1) is 6.04 Å². The van der Waals surface area contributed by atoms with Gasteiger partial charge in [-0.05, 0) is 61.6 Å². The molecule has 0 saturated heterocycles. The Bertz CT molecular complexity index is 613. The highest BCUT2D eigenvalue weighted by molar-refractivity contribution is 5.43. The molecule has 0 aliphatic rings. The van der Waals surface area contributed by atoms with E-state index in [-0.39, 0.29) is 6.04 Å². The van der Waals surface area contributed by atoms with Crippen LogP contribution in [0.15, 0.2) is 36.4 Å². The van der Waals surface area contributed by atoms with Crippen molar-refractivity contribution in [1.29, 1.82) is 0 Å². The minimum Gasteiger partial charge on any atom is -0.309 e. The van der Waals surface area contributed by atoms with Gasteiger partial charge >= 0.3 is 0 Å². The summed E-state index contributed by atoms with van der Waals surface area (Å²) in [5.74, 6) is 0. The van der Waals surface area contributed by atoms with Gasteiger partial charge in [0.25, 0.3) is 0 Å². The number of hydrogen-bond acceptors (Lipinski definition) is 1. The van der Waals surface area contributed by atoms with Crippen molar-refractivity contribution in [2.75, 3.05) is 7.05 Å². The van der Waals surface area contributed by atoms with E-state index in [1.807, 2.05) is 0 Å². The van der Waals surface area contributed by atoms with Crippen LogP contribution >= 0.6 is 0 Å². The van der Waals surface area contributed by atoms with Crippen molar-refractivity contribution in [2.24, 2.45) is 0 Å². The zero-order valence-corrected chi connectivity index (χ0v) is 14.0. The molecule has 0 radical (unpaired) electrons. The van der Waals surface area contributed by atoms with Gasteiger partial charge in [0.15, 0.2) is 0 Å². The molecule has 0 aliphatic heterocycles. The number of aryl methyl sites for hydroxylation is 4. The second kappa shape index (κ2) is 6.91. The minimum atomic E-state index is 0.270. The molecule has 0 amide bonds. The van der Waals surface area contributed by atoms with Crippen molar-refractivity contribution in [3.63, 3.8) is 0 Å². The normalized spacial score (nSPS) is 12.4. The van der Waals surface area contributed by atoms with Crippen molar-refractivity contribution in [3.05, 3.63) is 69.8 Å². The predicted octanol–water partition coefficient (Wildman–Crippen LogP) is 4.74. The van der Waals surface area contributed by atoms with Crippen molar-refractivity contribution < 1.29 is 0 Å². The summed E-state index contributed by atoms with van der Waals surface area (Å²) in [5.41, 5.74) is 8.33. The second-order valence-corrected chi connectivity index (χ2v) is 5.82. The molecule has 1 atom stereocenters. The number of nitrogens with one attached hydrogen (secondary N) is 1. The predicted molar refractivity (Wildman–Crippen MR) is 92.0 cm³/mol. The number of benzene rings is 2. The summed E-state index contributed by atoms with van der Waals surface area (Å²) in [4.78, 5) is 0. The van der Waals surface area contributed by atoms with Crippen LogP contribution in [0.25, 0.3) is 0 Å². The molecule has 0 aromatic heterocycles. The van der Waals surface area contributed by atoms with E-state index in [1.54, 1.807) is 0 Å². The third-order valence-corrected chi connectivity index (χ3v) is 4.34. The minimum absolute atomic E-state index is 0.270. The summed E-state index contributed by atoms with van der Waals surface area (Å²) in [5, 5.41) is 3.53. The topological polar surface area (TPSA) is 12.0 Å². The third kappa shape index (κ3) is 3.36. The van der Waals surface area contributed by atoms with E-state index in [9.17, 15) is 0 Å². The average molecular weight is 281 g/mol. The van der Waals surface area contributed by atoms with Crippen LogP contribution in [0, 0.1) is 13.8 Å². The summed E-state index contributed by atoms with van der Waals surface area (Å²) in [6.45, 7) is 8.82. The average Bonchev–Trinajstić information content (AvgIpc) is 2.51. The molecule has 1 N–H and O–H groups in total. The van der Waals surface area contributed by atoms with Crippen molar-refractivity contribution in [2.45, 2.75) is 46.6 Å². The molecular formula is C20H27N. The Morgan fingerprint density at radius 1 is 0.905 bits per heavy atom. The van der Waals surface area contributed by atoms with Gasteiger partial charge in [-0.2, -0.15) is 0 Å². The lowest BCUT2D eigenvalue weighted by molar-refractivity contribution is 0.678. The first-order valence-electron chi connectivity index (χ1n) is 7.96. The molecule has 2 aromatic rings. The Hall–Kier alpha value is -1.60. The summed E-state index contributed by atoms with van der Waals surface area (Å²) < 4.78 is 0. The highest BCUT2D eigenvalue weighted by Crippen LogP contribution is 2.29. The summed E-state index contributed by atoms with van der Waals surface area (Å²) in [6, 6.07) is 13.9. The van der Waals surface area contributed by atoms with E-state index in [4.69, 9.17) is 0 Å². The maximum Gasteiger partial charge on any atom is 0.0579 e. The standard InChI is InChI=1S/C20H27N/c1-6-16-10-11-17(7-2)19(13-16)20(21-5)18-12-14(3)8-9-15(18)4/h8-13,20-21H,6-7H2,1-5H3. The second-order valence-electron chi connectivity index (χ2n) is 5.82. The molecule has 0 saturated carbocycles. The van der Waals surface area contributed by atoms with Crippen molar-refractivity contribution in [1.82, 2.24) is 5.32 Å². The molecule has 0 aliphatic carbocycles. The Kier molecular flexibility index (Phi) is 5.19. The summed E-state index contributed by atoms with van der Waals surface area (Å²) in [7, 11) is 2.06. The lowest BCUT2D eigenvalue weighted by atomic mass is 9.88. The highest BCUT2D eigenvalue weighted by atomic mass is 14.9. The molecule has 0 spiro atoms. The summed E-state index contributed by atoms with van der Waals surface area (Å²) >= 11 is 0. The van der Waals surface area contributed by atoms with Crippen LogP contribution in [0.4, 0.5) is 0 Å². The van der Waals surface area contributed by atoms with Crippen LogP contribution in [0.1, 0.15) is 53.3 Å². The molecule has 0 fully saturated rings. The monoisotopic (exact) mass is 281 g/mol. The van der Waals surface area contributed by atoms with Crippen LogP contribution in [-0.2, 0) is 12.8 Å². The molecule has 21 heavy (non-hydrogen) atoms. The zero-order valence-electron chi connectivity index (χ0n) is 14.0. The van der Waals surface area contributed by atoms with Crippen LogP contribution < -0.4 is 5.32 Å². The van der Waals surface area contributed by atoms with Crippen LogP contribution in [0.3, 0.4) is 0 Å². The van der Waals surface area contributed by atoms with Gasteiger partial charge in [0.2, 0.25) is 0 Å². The van der Waals surface area contributed by atoms with E-state index < -0.39 is 0 Å². The lowest BCUT2D eigenvalue weighted by Gasteiger charge is -2.23. The Morgan fingerprint density at radius 2 is 1.67 bits per heavy atom. The van der Waals surface area contributed by atoms with Crippen molar-refractivity contribution >= 4 is 0 Å². The van der Waals surface area contributed by atoms with Gasteiger partial charge in [-0.15, -0.1) is 0 Å². The van der Waals surface area contributed by atoms with Crippen molar-refractivity contribution in [3.8, 4) is 0 Å². The van der Waals surface area contributed by atoms with Gasteiger partial charge in [-0.25, -0.2) is 0 Å². The zero-order chi connectivity index (χ0) is 15.4. The fourth-order valence-electron chi connectivity index (χ4n) is 3.00. The Balaban J connectivity index is 2.57. The van der Waals surface area contributed by atoms with E-state index in [0.29, 0.717) is 0 Å². The van der Waals surface area contributed by atoms with E-state index in [2.05, 4.69) is 76.5 Å². The van der Waals surface area contributed by atoms with Crippen LogP contribution in [-0.4, -0.2) is 7.05 Å². The lowest BCUT2D eigenvalue weighted by Crippen LogP contribution is -2.20. The molecule has 1 heteroatoms. The molecule has 1 unspecified atom stereocenters. The number of hydrogen-bond donors (Lipinski definition) is 1. The molecular weight excluding hydrogens is 254 g/mol. The van der Waals surface area contributed by atoms with Crippen LogP contribution in [0.5, 0.6) is 0 Å². The molecule has 1 nitrogen and oxygen atoms in total. The van der Waals surface area contributed by atoms with Gasteiger partial charge in [0, 0.05) is 0 Å². The molecule has 0 bridgehead atoms. The van der Waals surface area contributed by atoms with Gasteiger partial charge in [-0.1, -0.05) is 55.8 Å². The van der Waals surface area contributed by atoms with Crippen LogP contribution in [0.2, 0.25) is 0 Å². The number of rotatable bonds is 5. The first-order valence-corrected chi connectivity index (χ1v) is 7.96. The first-order chi connectivity index (χ1) is 10.1. The van der Waals surface area contributed by atoms with Gasteiger partial charge < -0.3 is 5.32 Å². The van der Waals surface area contributed by atoms with Gasteiger partial charge in [-0.3, -0.25) is 0 Å². The first kappa shape index (κ1) is 15.8. The third-order valence-electron chi connectivity index (χ3n) is 4.34. The maximum atomic E-state index is 3.53. The maximum absolute atomic E-state index is 3.53. The van der Waals surface area contributed by atoms with E-state index in [0.717, 1.165) is 12.8 Å². The summed E-state index contributed by atoms with van der Waals surface area (Å²) in [6.07, 6.45) is 2.16. The van der Waals surface area contributed by atoms with E-state index in [1.165, 1.54) is 33.4 Å². The Morgan fingerprint density at radius 3 is 2.29 bits per heavy atom. The SMILES string of the molecule is CCc1ccc(CC)c(C(NC)c2cc(C)ccc2C)c1. The smallest absolute Gasteiger partial charge is 0.0579 e.